The lowest BCUT2D eigenvalue weighted by Gasteiger charge is -2.26. The van der Waals surface area contributed by atoms with Gasteiger partial charge in [-0.2, -0.15) is 0 Å². The zero-order chi connectivity index (χ0) is 30.5. The van der Waals surface area contributed by atoms with Crippen molar-refractivity contribution in [1.29, 1.82) is 0 Å². The van der Waals surface area contributed by atoms with Crippen LogP contribution in [0.15, 0.2) is 88.2 Å². The molecule has 0 radical (unpaired) electrons. The molecule has 8 nitrogen and oxygen atoms in total. The monoisotopic (exact) mass is 597 g/mol. The van der Waals surface area contributed by atoms with Crippen LogP contribution in [0, 0.1) is 0 Å². The number of esters is 1. The maximum Gasteiger partial charge on any atom is 0.338 e. The Balaban J connectivity index is 1.78. The summed E-state index contributed by atoms with van der Waals surface area (Å²) in [6, 6.07) is 22.1. The molecule has 0 fully saturated rings. The van der Waals surface area contributed by atoms with Crippen molar-refractivity contribution < 1.29 is 19.0 Å². The highest BCUT2D eigenvalue weighted by atomic mass is 32.1. The number of carbonyl (C=O) groups is 1. The number of thiazole rings is 1. The van der Waals surface area contributed by atoms with Crippen LogP contribution >= 0.6 is 11.3 Å². The summed E-state index contributed by atoms with van der Waals surface area (Å²) in [7, 11) is 3.21. The number of anilines is 1. The third kappa shape index (κ3) is 5.85. The molecule has 0 saturated heterocycles. The van der Waals surface area contributed by atoms with Gasteiger partial charge in [-0.3, -0.25) is 9.36 Å². The lowest BCUT2D eigenvalue weighted by atomic mass is 9.93. The molecule has 0 spiro atoms. The molecule has 9 heteroatoms. The summed E-state index contributed by atoms with van der Waals surface area (Å²) < 4.78 is 18.8. The van der Waals surface area contributed by atoms with Crippen LogP contribution in [-0.2, 0) is 9.53 Å². The number of methoxy groups -OCH3 is 2. The maximum atomic E-state index is 14.2. The summed E-state index contributed by atoms with van der Waals surface area (Å²) in [4.78, 5) is 35.5. The van der Waals surface area contributed by atoms with Gasteiger partial charge in [-0.25, -0.2) is 9.79 Å². The Kier molecular flexibility index (Phi) is 9.11. The second-order valence-electron chi connectivity index (χ2n) is 9.81. The van der Waals surface area contributed by atoms with Gasteiger partial charge in [-0.1, -0.05) is 53.8 Å². The number of nitrogens with zero attached hydrogens (tertiary/aromatic N) is 3. The van der Waals surface area contributed by atoms with E-state index in [4.69, 9.17) is 19.2 Å². The van der Waals surface area contributed by atoms with Crippen molar-refractivity contribution in [1.82, 2.24) is 4.57 Å². The van der Waals surface area contributed by atoms with Gasteiger partial charge in [0.2, 0.25) is 0 Å². The first-order valence-electron chi connectivity index (χ1n) is 14.3. The molecule has 4 aromatic rings. The van der Waals surface area contributed by atoms with Gasteiger partial charge in [0.25, 0.3) is 5.56 Å². The second-order valence-corrected chi connectivity index (χ2v) is 10.8. The summed E-state index contributed by atoms with van der Waals surface area (Å²) in [5.41, 5.74) is 3.78. The molecular formula is C34H35N3O5S. The SMILES string of the molecule is CCOC(=O)C1=C(c2ccccc2)N=c2s/c(=C\c3ccc(N(CC)CC)cc3OC)c(=O)n2[C@@H]1c1cccc(OC)c1. The van der Waals surface area contributed by atoms with E-state index in [9.17, 15) is 9.59 Å². The van der Waals surface area contributed by atoms with Crippen LogP contribution < -0.4 is 29.3 Å². The lowest BCUT2D eigenvalue weighted by Crippen LogP contribution is -2.40. The smallest absolute Gasteiger partial charge is 0.338 e. The number of carbonyl (C=O) groups excluding carboxylic acids is 1. The number of rotatable bonds is 10. The van der Waals surface area contributed by atoms with E-state index in [1.54, 1.807) is 25.7 Å². The van der Waals surface area contributed by atoms with E-state index in [2.05, 4.69) is 18.7 Å². The maximum absolute atomic E-state index is 14.2. The van der Waals surface area contributed by atoms with Crippen LogP contribution in [0.1, 0.15) is 43.5 Å². The van der Waals surface area contributed by atoms with Crippen LogP contribution in [0.2, 0.25) is 0 Å². The number of benzene rings is 3. The Labute approximate surface area is 254 Å². The molecule has 0 bridgehead atoms. The molecule has 43 heavy (non-hydrogen) atoms. The largest absolute Gasteiger partial charge is 0.497 e. The fourth-order valence-electron chi connectivity index (χ4n) is 5.31. The van der Waals surface area contributed by atoms with Crippen LogP contribution in [0.4, 0.5) is 5.69 Å². The summed E-state index contributed by atoms with van der Waals surface area (Å²) in [5, 5.41) is 0. The minimum atomic E-state index is -0.783. The lowest BCUT2D eigenvalue weighted by molar-refractivity contribution is -0.138. The molecular weight excluding hydrogens is 562 g/mol. The molecule has 0 unspecified atom stereocenters. The molecule has 0 aliphatic carbocycles. The first-order valence-corrected chi connectivity index (χ1v) is 15.1. The van der Waals surface area contributed by atoms with E-state index in [1.807, 2.05) is 78.9 Å². The Morgan fingerprint density at radius 3 is 2.42 bits per heavy atom. The molecule has 1 atom stereocenters. The summed E-state index contributed by atoms with van der Waals surface area (Å²) in [6.45, 7) is 7.90. The molecule has 5 rings (SSSR count). The summed E-state index contributed by atoms with van der Waals surface area (Å²) in [6.07, 6.45) is 1.83. The van der Waals surface area contributed by atoms with Crippen molar-refractivity contribution in [3.8, 4) is 11.5 Å². The average Bonchev–Trinajstić information content (AvgIpc) is 3.35. The van der Waals surface area contributed by atoms with Crippen molar-refractivity contribution >= 4 is 34.8 Å². The molecule has 0 N–H and O–H groups in total. The fraction of sp³-hybridized carbons (Fsp3) is 0.265. The Hall–Kier alpha value is -4.63. The first kappa shape index (κ1) is 29.8. The molecule has 0 saturated carbocycles. The van der Waals surface area contributed by atoms with Gasteiger partial charge in [0, 0.05) is 36.0 Å². The zero-order valence-corrected chi connectivity index (χ0v) is 25.8. The third-order valence-corrected chi connectivity index (χ3v) is 8.40. The molecule has 3 aromatic carbocycles. The van der Waals surface area contributed by atoms with Crippen LogP contribution in [0.25, 0.3) is 11.8 Å². The Morgan fingerprint density at radius 2 is 1.74 bits per heavy atom. The van der Waals surface area contributed by atoms with E-state index >= 15 is 0 Å². The zero-order valence-electron chi connectivity index (χ0n) is 25.0. The van der Waals surface area contributed by atoms with E-state index < -0.39 is 12.0 Å². The van der Waals surface area contributed by atoms with Gasteiger partial charge in [-0.05, 0) is 56.7 Å². The van der Waals surface area contributed by atoms with Crippen molar-refractivity contribution in [3.63, 3.8) is 0 Å². The van der Waals surface area contributed by atoms with Crippen molar-refractivity contribution in [2.75, 3.05) is 38.8 Å². The van der Waals surface area contributed by atoms with E-state index in [-0.39, 0.29) is 12.2 Å². The van der Waals surface area contributed by atoms with Crippen molar-refractivity contribution in [2.45, 2.75) is 26.8 Å². The Bertz CT molecular complexity index is 1840. The number of hydrogen-bond acceptors (Lipinski definition) is 8. The highest BCUT2D eigenvalue weighted by Gasteiger charge is 2.35. The second kappa shape index (κ2) is 13.1. The number of fused-ring (bicyclic) bond motifs is 1. The quantitative estimate of drug-likeness (QED) is 0.245. The van der Waals surface area contributed by atoms with Crippen LogP contribution in [-0.4, -0.2) is 44.5 Å². The minimum absolute atomic E-state index is 0.183. The molecule has 2 heterocycles. The van der Waals surface area contributed by atoms with Gasteiger partial charge in [-0.15, -0.1) is 0 Å². The van der Waals surface area contributed by atoms with Crippen molar-refractivity contribution in [3.05, 3.63) is 115 Å². The van der Waals surface area contributed by atoms with Gasteiger partial charge >= 0.3 is 5.97 Å². The average molecular weight is 598 g/mol. The topological polar surface area (TPSA) is 82.4 Å². The highest BCUT2D eigenvalue weighted by molar-refractivity contribution is 7.07. The first-order chi connectivity index (χ1) is 20.9. The molecule has 1 aromatic heterocycles. The predicted molar refractivity (Wildman–Crippen MR) is 171 cm³/mol. The molecule has 1 aliphatic rings. The molecule has 222 valence electrons. The summed E-state index contributed by atoms with van der Waals surface area (Å²) in [5.74, 6) is 0.747. The van der Waals surface area contributed by atoms with Gasteiger partial charge in [0.1, 0.15) is 11.5 Å². The van der Waals surface area contributed by atoms with Gasteiger partial charge < -0.3 is 19.1 Å². The highest BCUT2D eigenvalue weighted by Crippen LogP contribution is 2.36. The van der Waals surface area contributed by atoms with Crippen LogP contribution in [0.5, 0.6) is 11.5 Å². The minimum Gasteiger partial charge on any atom is -0.497 e. The number of hydrogen-bond donors (Lipinski definition) is 0. The molecule has 0 amide bonds. The van der Waals surface area contributed by atoms with Crippen molar-refractivity contribution in [2.24, 2.45) is 4.99 Å². The summed E-state index contributed by atoms with van der Waals surface area (Å²) >= 11 is 1.27. The van der Waals surface area contributed by atoms with Crippen LogP contribution in [0.3, 0.4) is 0 Å². The number of ether oxygens (including phenoxy) is 3. The van der Waals surface area contributed by atoms with E-state index in [1.165, 1.54) is 11.3 Å². The number of aromatic nitrogens is 1. The predicted octanol–water partition coefficient (Wildman–Crippen LogP) is 4.80. The molecule has 1 aliphatic heterocycles. The normalized spacial score (nSPS) is 14.6. The van der Waals surface area contributed by atoms with E-state index in [0.29, 0.717) is 37.7 Å². The fourth-order valence-corrected chi connectivity index (χ4v) is 6.30. The Morgan fingerprint density at radius 1 is 0.977 bits per heavy atom. The van der Waals surface area contributed by atoms with E-state index in [0.717, 1.165) is 29.9 Å². The van der Waals surface area contributed by atoms with Gasteiger partial charge in [0.05, 0.1) is 42.7 Å². The standard InChI is InChI=1S/C34H35N3O5S/c1-6-36(7-2)25-18-17-23(27(21-25)41-5)20-28-32(38)37-31(24-15-12-16-26(19-24)40-4)29(33(39)42-8-3)30(35-34(37)43-28)22-13-10-9-11-14-22/h9-21,31H,6-8H2,1-5H3/b28-20-/t31-/m1/s1. The third-order valence-electron chi connectivity index (χ3n) is 7.42. The van der Waals surface area contributed by atoms with Gasteiger partial charge in [0.15, 0.2) is 4.80 Å².